The van der Waals surface area contributed by atoms with Gasteiger partial charge in [0, 0.05) is 20.2 Å². The highest BCUT2D eigenvalue weighted by molar-refractivity contribution is 4.67. The summed E-state index contributed by atoms with van der Waals surface area (Å²) in [5, 5.41) is 11.8. The molecular weight excluding hydrogens is 134 g/mol. The number of nitrogens with one attached hydrogen (secondary N) is 1. The van der Waals surface area contributed by atoms with E-state index >= 15 is 0 Å². The number of rotatable bonds is 2. The third-order valence-corrected chi connectivity index (χ3v) is 1.49. The zero-order valence-corrected chi connectivity index (χ0v) is 6.04. The van der Waals surface area contributed by atoms with Gasteiger partial charge in [0.05, 0.1) is 12.7 Å². The van der Waals surface area contributed by atoms with Gasteiger partial charge in [-0.15, -0.1) is 0 Å². The molecular formula is C6H13NO3. The van der Waals surface area contributed by atoms with Gasteiger partial charge in [-0.25, -0.2) is 0 Å². The topological polar surface area (TPSA) is 50.7 Å². The third kappa shape index (κ3) is 1.91. The van der Waals surface area contributed by atoms with Gasteiger partial charge in [-0.05, 0) is 0 Å². The lowest BCUT2D eigenvalue weighted by Crippen LogP contribution is -2.46. The van der Waals surface area contributed by atoms with Crippen molar-refractivity contribution in [3.63, 3.8) is 0 Å². The number of morpholine rings is 1. The first kappa shape index (κ1) is 7.94. The normalized spacial score (nSPS) is 34.2. The van der Waals surface area contributed by atoms with Crippen LogP contribution in [-0.4, -0.2) is 44.3 Å². The van der Waals surface area contributed by atoms with Crippen molar-refractivity contribution in [2.45, 2.75) is 12.4 Å². The molecule has 1 heterocycles. The second-order valence-corrected chi connectivity index (χ2v) is 2.26. The molecule has 1 rings (SSSR count). The van der Waals surface area contributed by atoms with Gasteiger partial charge in [0.2, 0.25) is 0 Å². The summed E-state index contributed by atoms with van der Waals surface area (Å²) in [7, 11) is 1.59. The molecule has 0 radical (unpaired) electrons. The van der Waals surface area contributed by atoms with Crippen molar-refractivity contribution < 1.29 is 14.6 Å². The largest absolute Gasteiger partial charge is 0.394 e. The minimum absolute atomic E-state index is 0.0485. The predicted octanol–water partition coefficient (Wildman–Crippen LogP) is -1.06. The highest BCUT2D eigenvalue weighted by Crippen LogP contribution is 2.02. The van der Waals surface area contributed by atoms with Crippen LogP contribution in [0.3, 0.4) is 0 Å². The molecule has 0 aromatic carbocycles. The van der Waals surface area contributed by atoms with Crippen LogP contribution in [0.15, 0.2) is 0 Å². The van der Waals surface area contributed by atoms with Crippen LogP contribution in [-0.2, 0) is 9.47 Å². The molecule has 60 valence electrons. The fraction of sp³-hybridized carbons (Fsp3) is 1.00. The maximum atomic E-state index is 8.68. The van der Waals surface area contributed by atoms with Crippen LogP contribution in [0.1, 0.15) is 0 Å². The van der Waals surface area contributed by atoms with E-state index in [2.05, 4.69) is 5.32 Å². The molecule has 2 atom stereocenters. The molecule has 0 aliphatic carbocycles. The minimum Gasteiger partial charge on any atom is -0.394 e. The van der Waals surface area contributed by atoms with Crippen molar-refractivity contribution in [3.05, 3.63) is 0 Å². The quantitative estimate of drug-likeness (QED) is 0.522. The van der Waals surface area contributed by atoms with Gasteiger partial charge in [0.1, 0.15) is 0 Å². The molecule has 10 heavy (non-hydrogen) atoms. The highest BCUT2D eigenvalue weighted by atomic mass is 16.7. The van der Waals surface area contributed by atoms with Gasteiger partial charge in [-0.2, -0.15) is 0 Å². The first-order chi connectivity index (χ1) is 4.86. The van der Waals surface area contributed by atoms with Crippen molar-refractivity contribution in [2.24, 2.45) is 0 Å². The second-order valence-electron chi connectivity index (χ2n) is 2.26. The van der Waals surface area contributed by atoms with Crippen molar-refractivity contribution in [1.29, 1.82) is 0 Å². The maximum Gasteiger partial charge on any atom is 0.170 e. The minimum atomic E-state index is -0.203. The van der Waals surface area contributed by atoms with Crippen LogP contribution in [0.2, 0.25) is 0 Å². The summed E-state index contributed by atoms with van der Waals surface area (Å²) in [4.78, 5) is 0. The van der Waals surface area contributed by atoms with Gasteiger partial charge in [0.15, 0.2) is 6.29 Å². The Morgan fingerprint density at radius 3 is 3.10 bits per heavy atom. The molecule has 1 aliphatic heterocycles. The first-order valence-electron chi connectivity index (χ1n) is 3.36. The van der Waals surface area contributed by atoms with Crippen molar-refractivity contribution >= 4 is 0 Å². The summed E-state index contributed by atoms with van der Waals surface area (Å²) >= 11 is 0. The Hall–Kier alpha value is -0.160. The Balaban J connectivity index is 2.25. The number of methoxy groups -OCH3 is 1. The van der Waals surface area contributed by atoms with E-state index in [1.807, 2.05) is 0 Å². The molecule has 0 aromatic rings. The number of ether oxygens (including phenoxy) is 2. The molecule has 2 N–H and O–H groups in total. The Morgan fingerprint density at radius 1 is 1.70 bits per heavy atom. The number of hydrogen-bond acceptors (Lipinski definition) is 4. The molecule has 0 bridgehead atoms. The van der Waals surface area contributed by atoms with E-state index in [1.54, 1.807) is 7.11 Å². The van der Waals surface area contributed by atoms with Crippen LogP contribution in [0.25, 0.3) is 0 Å². The zero-order valence-electron chi connectivity index (χ0n) is 6.04. The zero-order chi connectivity index (χ0) is 7.40. The highest BCUT2D eigenvalue weighted by Gasteiger charge is 2.20. The lowest BCUT2D eigenvalue weighted by atomic mass is 10.3. The first-order valence-corrected chi connectivity index (χ1v) is 3.36. The summed E-state index contributed by atoms with van der Waals surface area (Å²) in [5.41, 5.74) is 0. The fourth-order valence-corrected chi connectivity index (χ4v) is 0.920. The van der Waals surface area contributed by atoms with Crippen LogP contribution in [0, 0.1) is 0 Å². The summed E-state index contributed by atoms with van der Waals surface area (Å²) < 4.78 is 10.2. The maximum absolute atomic E-state index is 8.68. The number of aliphatic hydroxyl groups excluding tert-OH is 1. The van der Waals surface area contributed by atoms with Crippen molar-refractivity contribution in [3.8, 4) is 0 Å². The molecule has 1 aliphatic rings. The van der Waals surface area contributed by atoms with E-state index in [0.29, 0.717) is 13.1 Å². The lowest BCUT2D eigenvalue weighted by Gasteiger charge is -2.28. The van der Waals surface area contributed by atoms with Crippen molar-refractivity contribution in [1.82, 2.24) is 5.32 Å². The molecule has 0 saturated carbocycles. The molecule has 1 saturated heterocycles. The molecule has 4 nitrogen and oxygen atoms in total. The molecule has 0 aromatic heterocycles. The lowest BCUT2D eigenvalue weighted by molar-refractivity contribution is -0.177. The van der Waals surface area contributed by atoms with Gasteiger partial charge in [-0.1, -0.05) is 0 Å². The van der Waals surface area contributed by atoms with E-state index in [1.165, 1.54) is 0 Å². The Morgan fingerprint density at radius 2 is 2.50 bits per heavy atom. The number of aliphatic hydroxyl groups is 1. The molecule has 0 spiro atoms. The Labute approximate surface area is 60.1 Å². The molecule has 0 unspecified atom stereocenters. The average Bonchev–Trinajstić information content (AvgIpc) is 2.05. The van der Waals surface area contributed by atoms with E-state index < -0.39 is 0 Å². The van der Waals surface area contributed by atoms with Crippen LogP contribution in [0.5, 0.6) is 0 Å². The second kappa shape index (κ2) is 3.88. The summed E-state index contributed by atoms with van der Waals surface area (Å²) in [6.07, 6.45) is -0.315. The van der Waals surface area contributed by atoms with E-state index in [0.717, 1.165) is 0 Å². The number of hydrogen-bond donors (Lipinski definition) is 2. The van der Waals surface area contributed by atoms with Crippen LogP contribution >= 0.6 is 0 Å². The fourth-order valence-electron chi connectivity index (χ4n) is 0.920. The average molecular weight is 147 g/mol. The summed E-state index contributed by atoms with van der Waals surface area (Å²) in [5.74, 6) is 0. The van der Waals surface area contributed by atoms with E-state index in [9.17, 15) is 0 Å². The van der Waals surface area contributed by atoms with Crippen molar-refractivity contribution in [2.75, 3.05) is 26.8 Å². The SMILES string of the molecule is CO[C@@H]1CNC[C@@H](CO)O1. The standard InChI is InChI=1S/C6H13NO3/c1-9-6-3-7-2-5(4-8)10-6/h5-8H,2-4H2,1H3/t5-,6-/m0/s1. The van der Waals surface area contributed by atoms with Crippen LogP contribution < -0.4 is 5.32 Å². The van der Waals surface area contributed by atoms with Gasteiger partial charge in [-0.3, -0.25) is 0 Å². The third-order valence-electron chi connectivity index (χ3n) is 1.49. The molecule has 1 fully saturated rings. The molecule has 4 heteroatoms. The van der Waals surface area contributed by atoms with Gasteiger partial charge < -0.3 is 19.9 Å². The van der Waals surface area contributed by atoms with Gasteiger partial charge in [0.25, 0.3) is 0 Å². The van der Waals surface area contributed by atoms with Crippen LogP contribution in [0.4, 0.5) is 0 Å². The van der Waals surface area contributed by atoms with Gasteiger partial charge >= 0.3 is 0 Å². The van der Waals surface area contributed by atoms with E-state index in [-0.39, 0.29) is 19.0 Å². The summed E-state index contributed by atoms with van der Waals surface area (Å²) in [6.45, 7) is 1.45. The Kier molecular flexibility index (Phi) is 3.08. The monoisotopic (exact) mass is 147 g/mol. The molecule has 0 amide bonds. The Bertz CT molecular complexity index is 89.0. The van der Waals surface area contributed by atoms with E-state index in [4.69, 9.17) is 14.6 Å². The smallest absolute Gasteiger partial charge is 0.170 e. The summed E-state index contributed by atoms with van der Waals surface area (Å²) in [6, 6.07) is 0. The predicted molar refractivity (Wildman–Crippen MR) is 35.6 cm³/mol.